The van der Waals surface area contributed by atoms with Gasteiger partial charge in [0.05, 0.1) is 20.8 Å². The van der Waals surface area contributed by atoms with E-state index in [1.807, 2.05) is 6.07 Å². The molecule has 0 N–H and O–H groups in total. The largest absolute Gasteiger partial charge is 0.493 e. The highest BCUT2D eigenvalue weighted by atomic mass is 19.1. The molecule has 1 heterocycles. The second-order valence-corrected chi connectivity index (χ2v) is 4.58. The topological polar surface area (TPSA) is 49.7 Å². The number of hydrogen-bond donors (Lipinski definition) is 0. The second-order valence-electron chi connectivity index (χ2n) is 4.58. The highest BCUT2D eigenvalue weighted by molar-refractivity contribution is 5.87. The number of carbonyl (C=O) groups excluding carboxylic acids is 1. The van der Waals surface area contributed by atoms with Crippen molar-refractivity contribution in [3.8, 4) is 11.5 Å². The van der Waals surface area contributed by atoms with Gasteiger partial charge in [0.25, 0.3) is 0 Å². The van der Waals surface area contributed by atoms with E-state index in [0.717, 1.165) is 5.56 Å². The maximum atomic E-state index is 13.5. The fourth-order valence-corrected chi connectivity index (χ4v) is 2.16. The van der Waals surface area contributed by atoms with E-state index in [1.165, 1.54) is 16.8 Å². The first-order valence-electron chi connectivity index (χ1n) is 6.82. The van der Waals surface area contributed by atoms with Crippen molar-refractivity contribution in [2.24, 2.45) is 0 Å². The van der Waals surface area contributed by atoms with Crippen LogP contribution in [0.2, 0.25) is 0 Å². The molecule has 1 aromatic heterocycles. The van der Waals surface area contributed by atoms with Gasteiger partial charge in [-0.1, -0.05) is 6.07 Å². The summed E-state index contributed by atoms with van der Waals surface area (Å²) < 4.78 is 30.3. The van der Waals surface area contributed by atoms with E-state index >= 15 is 0 Å². The van der Waals surface area contributed by atoms with Gasteiger partial charge in [0.2, 0.25) is 0 Å². The summed E-state index contributed by atoms with van der Waals surface area (Å²) in [6, 6.07) is 6.54. The molecule has 118 valence electrons. The van der Waals surface area contributed by atoms with Crippen LogP contribution in [0.5, 0.6) is 11.5 Å². The summed E-state index contributed by atoms with van der Waals surface area (Å²) in [6.45, 7) is 2.26. The Hall–Kier alpha value is -2.50. The van der Waals surface area contributed by atoms with Crippen molar-refractivity contribution in [2.45, 2.75) is 13.5 Å². The lowest BCUT2D eigenvalue weighted by molar-refractivity contribution is 0.0514. The molecule has 0 fully saturated rings. The quantitative estimate of drug-likeness (QED) is 0.770. The summed E-state index contributed by atoms with van der Waals surface area (Å²) >= 11 is 0. The molecule has 1 aromatic carbocycles. The number of benzene rings is 1. The van der Waals surface area contributed by atoms with Gasteiger partial charge in [-0.05, 0) is 24.6 Å². The lowest BCUT2D eigenvalue weighted by Gasteiger charge is -2.11. The fraction of sp³-hybridized carbons (Fsp3) is 0.312. The standard InChI is InChI=1S/C16H18FNO4/c1-4-22-16(19)13-8-12(17)10-18(13)9-11-5-6-14(20-2)15(7-11)21-3/h5-8,10H,4,9H2,1-3H3. The molecule has 0 radical (unpaired) electrons. The molecule has 5 nitrogen and oxygen atoms in total. The number of aromatic nitrogens is 1. The van der Waals surface area contributed by atoms with Crippen LogP contribution in [0.25, 0.3) is 0 Å². The predicted octanol–water partition coefficient (Wildman–Crippen LogP) is 2.87. The van der Waals surface area contributed by atoms with Gasteiger partial charge < -0.3 is 18.8 Å². The van der Waals surface area contributed by atoms with Gasteiger partial charge in [-0.15, -0.1) is 0 Å². The van der Waals surface area contributed by atoms with Crippen LogP contribution in [0, 0.1) is 5.82 Å². The number of rotatable bonds is 6. The first-order chi connectivity index (χ1) is 10.6. The summed E-state index contributed by atoms with van der Waals surface area (Å²) in [5.41, 5.74) is 1.02. The van der Waals surface area contributed by atoms with E-state index in [2.05, 4.69) is 0 Å². The van der Waals surface area contributed by atoms with Crippen molar-refractivity contribution in [2.75, 3.05) is 20.8 Å². The molecule has 0 aliphatic rings. The zero-order valence-corrected chi connectivity index (χ0v) is 12.8. The molecule has 0 aliphatic heterocycles. The number of nitrogens with zero attached hydrogens (tertiary/aromatic N) is 1. The minimum absolute atomic E-state index is 0.175. The van der Waals surface area contributed by atoms with E-state index in [-0.39, 0.29) is 12.3 Å². The molecule has 0 saturated heterocycles. The van der Waals surface area contributed by atoms with Crippen molar-refractivity contribution >= 4 is 5.97 Å². The van der Waals surface area contributed by atoms with Crippen LogP contribution in [-0.4, -0.2) is 31.4 Å². The molecule has 0 bridgehead atoms. The number of carbonyl (C=O) groups is 1. The fourth-order valence-electron chi connectivity index (χ4n) is 2.16. The Morgan fingerprint density at radius 1 is 1.18 bits per heavy atom. The molecule has 0 amide bonds. The molecule has 0 atom stereocenters. The zero-order chi connectivity index (χ0) is 16.1. The van der Waals surface area contributed by atoms with E-state index in [9.17, 15) is 9.18 Å². The molecule has 2 aromatic rings. The molecule has 2 rings (SSSR count). The maximum Gasteiger partial charge on any atom is 0.355 e. The van der Waals surface area contributed by atoms with Crippen molar-refractivity contribution < 1.29 is 23.4 Å². The second kappa shape index (κ2) is 6.98. The summed E-state index contributed by atoms with van der Waals surface area (Å²) in [5, 5.41) is 0. The summed E-state index contributed by atoms with van der Waals surface area (Å²) in [4.78, 5) is 11.8. The number of methoxy groups -OCH3 is 2. The van der Waals surface area contributed by atoms with Gasteiger partial charge in [-0.2, -0.15) is 0 Å². The van der Waals surface area contributed by atoms with Gasteiger partial charge >= 0.3 is 5.97 Å². The number of ether oxygens (including phenoxy) is 3. The van der Waals surface area contributed by atoms with Crippen LogP contribution in [0.3, 0.4) is 0 Å². The Labute approximate surface area is 128 Å². The van der Waals surface area contributed by atoms with Crippen molar-refractivity contribution in [3.05, 3.63) is 47.5 Å². The van der Waals surface area contributed by atoms with Crippen LogP contribution in [0.15, 0.2) is 30.5 Å². The van der Waals surface area contributed by atoms with E-state index < -0.39 is 11.8 Å². The zero-order valence-electron chi connectivity index (χ0n) is 12.8. The van der Waals surface area contributed by atoms with Gasteiger partial charge in [0.15, 0.2) is 11.5 Å². The van der Waals surface area contributed by atoms with Crippen LogP contribution in [-0.2, 0) is 11.3 Å². The van der Waals surface area contributed by atoms with Crippen LogP contribution >= 0.6 is 0 Å². The van der Waals surface area contributed by atoms with Gasteiger partial charge in [-0.3, -0.25) is 0 Å². The van der Waals surface area contributed by atoms with Crippen LogP contribution < -0.4 is 9.47 Å². The lowest BCUT2D eigenvalue weighted by Crippen LogP contribution is -2.12. The third-order valence-corrected chi connectivity index (χ3v) is 3.15. The monoisotopic (exact) mass is 307 g/mol. The predicted molar refractivity (Wildman–Crippen MR) is 79.0 cm³/mol. The summed E-state index contributed by atoms with van der Waals surface area (Å²) in [5.74, 6) is 0.149. The Bertz CT molecular complexity index is 666. The Morgan fingerprint density at radius 2 is 1.91 bits per heavy atom. The molecule has 0 saturated carbocycles. The van der Waals surface area contributed by atoms with Crippen molar-refractivity contribution in [1.29, 1.82) is 0 Å². The Morgan fingerprint density at radius 3 is 2.55 bits per heavy atom. The van der Waals surface area contributed by atoms with E-state index in [0.29, 0.717) is 18.0 Å². The number of hydrogen-bond acceptors (Lipinski definition) is 4. The van der Waals surface area contributed by atoms with Gasteiger partial charge in [0, 0.05) is 18.8 Å². The first kappa shape index (κ1) is 15.9. The Kier molecular flexibility index (Phi) is 5.04. The molecule has 0 spiro atoms. The normalized spacial score (nSPS) is 10.4. The summed E-state index contributed by atoms with van der Waals surface area (Å²) in [7, 11) is 3.10. The van der Waals surface area contributed by atoms with Crippen molar-refractivity contribution in [1.82, 2.24) is 4.57 Å². The van der Waals surface area contributed by atoms with Gasteiger partial charge in [-0.25, -0.2) is 9.18 Å². The molecule has 6 heteroatoms. The molecule has 0 unspecified atom stereocenters. The van der Waals surface area contributed by atoms with Crippen LogP contribution in [0.1, 0.15) is 23.0 Å². The smallest absolute Gasteiger partial charge is 0.355 e. The van der Waals surface area contributed by atoms with Crippen LogP contribution in [0.4, 0.5) is 4.39 Å². The summed E-state index contributed by atoms with van der Waals surface area (Å²) in [6.07, 6.45) is 1.27. The average Bonchev–Trinajstić information content (AvgIpc) is 2.88. The molecular formula is C16H18FNO4. The third-order valence-electron chi connectivity index (χ3n) is 3.15. The molecular weight excluding hydrogens is 289 g/mol. The molecule has 0 aliphatic carbocycles. The highest BCUT2D eigenvalue weighted by Crippen LogP contribution is 2.28. The maximum absolute atomic E-state index is 13.5. The average molecular weight is 307 g/mol. The van der Waals surface area contributed by atoms with E-state index in [4.69, 9.17) is 14.2 Å². The highest BCUT2D eigenvalue weighted by Gasteiger charge is 2.15. The molecule has 22 heavy (non-hydrogen) atoms. The minimum atomic E-state index is -0.549. The minimum Gasteiger partial charge on any atom is -0.493 e. The lowest BCUT2D eigenvalue weighted by atomic mass is 10.2. The first-order valence-corrected chi connectivity index (χ1v) is 6.82. The number of esters is 1. The number of halogens is 1. The third kappa shape index (κ3) is 3.39. The Balaban J connectivity index is 2.29. The SMILES string of the molecule is CCOC(=O)c1cc(F)cn1Cc1ccc(OC)c(OC)c1. The van der Waals surface area contributed by atoms with Crippen molar-refractivity contribution in [3.63, 3.8) is 0 Å². The van der Waals surface area contributed by atoms with E-state index in [1.54, 1.807) is 33.3 Å². The van der Waals surface area contributed by atoms with Gasteiger partial charge in [0.1, 0.15) is 11.5 Å².